The van der Waals surface area contributed by atoms with Crippen molar-refractivity contribution in [3.8, 4) is 0 Å². The lowest BCUT2D eigenvalue weighted by molar-refractivity contribution is -0.114. The first kappa shape index (κ1) is 20.5. The molecule has 0 aromatic heterocycles. The topological polar surface area (TPSA) is 49.7 Å². The third-order valence-corrected chi connectivity index (χ3v) is 12.8. The fourth-order valence-electron chi connectivity index (χ4n) is 11.4. The van der Waals surface area contributed by atoms with Crippen molar-refractivity contribution in [2.24, 2.45) is 51.2 Å². The fourth-order valence-corrected chi connectivity index (χ4v) is 11.4. The van der Waals surface area contributed by atoms with E-state index in [9.17, 15) is 10.2 Å². The maximum Gasteiger partial charge on any atom is 0.0809 e. The first-order valence-electron chi connectivity index (χ1n) is 13.2. The summed E-state index contributed by atoms with van der Waals surface area (Å²) < 4.78 is 6.47. The van der Waals surface area contributed by atoms with Crippen LogP contribution in [0.3, 0.4) is 0 Å². The van der Waals surface area contributed by atoms with Crippen LogP contribution < -0.4 is 0 Å². The molecule has 6 rings (SSSR count). The number of hydrogen-bond donors (Lipinski definition) is 2. The van der Waals surface area contributed by atoms with Crippen LogP contribution in [-0.4, -0.2) is 35.1 Å². The van der Waals surface area contributed by atoms with Gasteiger partial charge in [-0.2, -0.15) is 0 Å². The van der Waals surface area contributed by atoms with Gasteiger partial charge in [0, 0.05) is 0 Å². The zero-order chi connectivity index (χ0) is 21.1. The molecule has 30 heavy (non-hydrogen) atoms. The highest BCUT2D eigenvalue weighted by Crippen LogP contribution is 2.88. The van der Waals surface area contributed by atoms with Crippen molar-refractivity contribution in [3.05, 3.63) is 0 Å². The lowest BCUT2D eigenvalue weighted by atomic mass is 9.51. The average Bonchev–Trinajstić information content (AvgIpc) is 3.14. The number of fused-ring (bicyclic) bond motifs is 4. The molecular formula is C27H44O3. The second-order valence-electron chi connectivity index (χ2n) is 13.3. The predicted molar refractivity (Wildman–Crippen MR) is 118 cm³/mol. The molecule has 0 aromatic carbocycles. The van der Waals surface area contributed by atoms with E-state index >= 15 is 0 Å². The molecule has 3 heteroatoms. The van der Waals surface area contributed by atoms with Gasteiger partial charge in [-0.1, -0.05) is 34.1 Å². The van der Waals surface area contributed by atoms with Crippen molar-refractivity contribution in [3.63, 3.8) is 0 Å². The number of aliphatic hydroxyl groups is 2. The van der Waals surface area contributed by atoms with Gasteiger partial charge in [-0.25, -0.2) is 0 Å². The molecule has 2 spiro atoms. The minimum absolute atomic E-state index is 0.0623. The van der Waals surface area contributed by atoms with Gasteiger partial charge in [0.25, 0.3) is 0 Å². The Hall–Kier alpha value is -0.120. The summed E-state index contributed by atoms with van der Waals surface area (Å²) in [4.78, 5) is 0. The van der Waals surface area contributed by atoms with Crippen LogP contribution in [0.25, 0.3) is 0 Å². The van der Waals surface area contributed by atoms with Gasteiger partial charge >= 0.3 is 0 Å². The Kier molecular flexibility index (Phi) is 4.27. The van der Waals surface area contributed by atoms with Crippen LogP contribution in [-0.2, 0) is 4.74 Å². The molecule has 3 nitrogen and oxygen atoms in total. The second kappa shape index (κ2) is 6.26. The average molecular weight is 417 g/mol. The monoisotopic (exact) mass is 416 g/mol. The second-order valence-corrected chi connectivity index (χ2v) is 13.3. The van der Waals surface area contributed by atoms with Gasteiger partial charge in [0.2, 0.25) is 0 Å². The van der Waals surface area contributed by atoms with Crippen LogP contribution in [0.1, 0.15) is 91.9 Å². The predicted octanol–water partition coefficient (Wildman–Crippen LogP) is 5.18. The van der Waals surface area contributed by atoms with E-state index < -0.39 is 0 Å². The van der Waals surface area contributed by atoms with Crippen molar-refractivity contribution in [2.45, 2.75) is 110 Å². The Labute approximate surface area is 183 Å². The summed E-state index contributed by atoms with van der Waals surface area (Å²) in [6, 6.07) is 0. The molecule has 6 aliphatic rings. The van der Waals surface area contributed by atoms with E-state index in [0.717, 1.165) is 30.6 Å². The lowest BCUT2D eigenvalue weighted by Gasteiger charge is -2.54. The van der Waals surface area contributed by atoms with Crippen LogP contribution in [0.15, 0.2) is 0 Å². The summed E-state index contributed by atoms with van der Waals surface area (Å²) in [5.41, 5.74) is 1.51. The van der Waals surface area contributed by atoms with Gasteiger partial charge in [0.15, 0.2) is 0 Å². The molecule has 1 aliphatic heterocycles. The van der Waals surface area contributed by atoms with Crippen LogP contribution >= 0.6 is 0 Å². The van der Waals surface area contributed by atoms with E-state index in [0.29, 0.717) is 34.2 Å². The molecule has 6 fully saturated rings. The van der Waals surface area contributed by atoms with Crippen molar-refractivity contribution in [1.29, 1.82) is 0 Å². The third kappa shape index (κ3) is 2.15. The number of ether oxygens (including phenoxy) is 1. The van der Waals surface area contributed by atoms with Crippen molar-refractivity contribution in [1.82, 2.24) is 0 Å². The van der Waals surface area contributed by atoms with Crippen LogP contribution in [0.2, 0.25) is 0 Å². The van der Waals surface area contributed by atoms with Gasteiger partial charge in [-0.05, 0) is 109 Å². The summed E-state index contributed by atoms with van der Waals surface area (Å²) in [6.45, 7) is 10.2. The van der Waals surface area contributed by atoms with E-state index in [2.05, 4.69) is 27.7 Å². The molecule has 0 aromatic rings. The molecule has 6 unspecified atom stereocenters. The maximum absolute atomic E-state index is 10.9. The Balaban J connectivity index is 1.37. The summed E-state index contributed by atoms with van der Waals surface area (Å²) in [5.74, 6) is 3.87. The Morgan fingerprint density at radius 1 is 0.867 bits per heavy atom. The van der Waals surface area contributed by atoms with Gasteiger partial charge in [-0.15, -0.1) is 0 Å². The van der Waals surface area contributed by atoms with Crippen molar-refractivity contribution < 1.29 is 14.9 Å². The number of aliphatic hydroxyl groups excluding tert-OH is 2. The third-order valence-electron chi connectivity index (χ3n) is 12.8. The van der Waals surface area contributed by atoms with Crippen LogP contribution in [0, 0.1) is 51.2 Å². The fraction of sp³-hybridized carbons (Fsp3) is 1.00. The minimum atomic E-state index is -0.124. The summed E-state index contributed by atoms with van der Waals surface area (Å²) >= 11 is 0. The Bertz CT molecular complexity index is 719. The quantitative estimate of drug-likeness (QED) is 0.619. The first-order chi connectivity index (χ1) is 14.2. The molecule has 0 amide bonds. The molecule has 11 atom stereocenters. The molecule has 5 aliphatic carbocycles. The van der Waals surface area contributed by atoms with Gasteiger partial charge in [0.1, 0.15) is 0 Å². The van der Waals surface area contributed by atoms with Gasteiger partial charge in [-0.3, -0.25) is 0 Å². The highest BCUT2D eigenvalue weighted by atomic mass is 16.5. The van der Waals surface area contributed by atoms with Crippen molar-refractivity contribution in [2.75, 3.05) is 6.61 Å². The molecule has 1 saturated heterocycles. The largest absolute Gasteiger partial charge is 0.394 e. The SMILES string of the molecule is C[C@@H]1[C@]23CC[C@H](O)C(C)(C)C2CCCC2C4CC5OC(CO)CCC5[C@@]4(C)CC[C@@]213. The molecule has 2 N–H and O–H groups in total. The number of hydrogen-bond acceptors (Lipinski definition) is 3. The Morgan fingerprint density at radius 3 is 2.43 bits per heavy atom. The molecule has 0 bridgehead atoms. The van der Waals surface area contributed by atoms with E-state index in [-0.39, 0.29) is 24.2 Å². The molecule has 170 valence electrons. The number of rotatable bonds is 1. The normalized spacial score (nSPS) is 61.0. The highest BCUT2D eigenvalue weighted by molar-refractivity contribution is 5.31. The first-order valence-corrected chi connectivity index (χ1v) is 13.2. The standard InChI is InChI=1S/C27H44O3/c1-16-26-13-12-25(4)19-9-8-17(15-28)30-21(19)14-20(25)18(26)6-5-7-22-24(2,3)23(29)10-11-27(16,22)26/h16-23,28-29H,5-15H2,1-4H3/t16-,17?,18?,19?,20?,21?,22?,23-,25+,26-,27+/m0/s1. The minimum Gasteiger partial charge on any atom is -0.394 e. The highest BCUT2D eigenvalue weighted by Gasteiger charge is 2.83. The van der Waals surface area contributed by atoms with Crippen LogP contribution in [0.5, 0.6) is 0 Å². The molecule has 0 radical (unpaired) electrons. The zero-order valence-electron chi connectivity index (χ0n) is 19.7. The van der Waals surface area contributed by atoms with E-state index in [1.807, 2.05) is 0 Å². The smallest absolute Gasteiger partial charge is 0.0809 e. The Morgan fingerprint density at radius 2 is 1.67 bits per heavy atom. The maximum atomic E-state index is 10.9. The van der Waals surface area contributed by atoms with E-state index in [4.69, 9.17) is 4.74 Å². The van der Waals surface area contributed by atoms with Crippen LogP contribution in [0.4, 0.5) is 0 Å². The van der Waals surface area contributed by atoms with Gasteiger partial charge < -0.3 is 14.9 Å². The molecular weight excluding hydrogens is 372 g/mol. The molecule has 5 saturated carbocycles. The van der Waals surface area contributed by atoms with E-state index in [1.165, 1.54) is 51.4 Å². The van der Waals surface area contributed by atoms with Gasteiger partial charge in [0.05, 0.1) is 24.9 Å². The summed E-state index contributed by atoms with van der Waals surface area (Å²) in [5, 5.41) is 20.6. The summed E-state index contributed by atoms with van der Waals surface area (Å²) in [7, 11) is 0. The zero-order valence-corrected chi connectivity index (χ0v) is 19.7. The lowest BCUT2D eigenvalue weighted by Crippen LogP contribution is -2.50. The molecule has 1 heterocycles. The summed E-state index contributed by atoms with van der Waals surface area (Å²) in [6.07, 6.45) is 13.0. The van der Waals surface area contributed by atoms with E-state index in [1.54, 1.807) is 0 Å². The van der Waals surface area contributed by atoms with Crippen molar-refractivity contribution >= 4 is 0 Å².